The van der Waals surface area contributed by atoms with Crippen LogP contribution >= 0.6 is 23.2 Å². The fourth-order valence-electron chi connectivity index (χ4n) is 6.06. The first-order chi connectivity index (χ1) is 24.2. The average molecular weight is 708 g/mol. The molecule has 1 saturated heterocycles. The molecule has 1 fully saturated rings. The van der Waals surface area contributed by atoms with Crippen molar-refractivity contribution in [3.8, 4) is 0 Å². The zero-order chi connectivity index (χ0) is 34.1. The van der Waals surface area contributed by atoms with Gasteiger partial charge >= 0.3 is 0 Å². The van der Waals surface area contributed by atoms with Crippen LogP contribution in [0.5, 0.6) is 0 Å². The summed E-state index contributed by atoms with van der Waals surface area (Å²) in [6.45, 7) is 3.85. The second-order valence-corrected chi connectivity index (χ2v) is 12.8. The standard InChI is InChI=1S/C40H48Cl2N2O5/c1-45-44(25-11-18-32-19-21-36(22-20-32)43(26-23-41)27-24-42)40-39(48-30-35-16-9-4-10-17-35)38(47-29-34-14-7-3-8-15-34)37(49-40)31-46-28-33-12-5-2-6-13-33/h2-10,12-17,19-22,37-40H,11,18,23-31H2,1H3/t37-,38-,39-,40-/m1/s1. The molecule has 1 aliphatic heterocycles. The number of alkyl halides is 2. The lowest BCUT2D eigenvalue weighted by atomic mass is 10.1. The lowest BCUT2D eigenvalue weighted by molar-refractivity contribution is -0.256. The molecule has 9 heteroatoms. The summed E-state index contributed by atoms with van der Waals surface area (Å²) in [5, 5.41) is 1.89. The van der Waals surface area contributed by atoms with Crippen LogP contribution in [0.3, 0.4) is 0 Å². The largest absolute Gasteiger partial charge is 0.374 e. The molecular formula is C40H48Cl2N2O5. The molecule has 0 N–H and O–H groups in total. The molecule has 5 rings (SSSR count). The van der Waals surface area contributed by atoms with Gasteiger partial charge in [0.2, 0.25) is 0 Å². The molecule has 1 heterocycles. The molecule has 49 heavy (non-hydrogen) atoms. The van der Waals surface area contributed by atoms with Crippen molar-refractivity contribution in [2.45, 2.75) is 57.2 Å². The van der Waals surface area contributed by atoms with Gasteiger partial charge in [0.1, 0.15) is 18.3 Å². The molecule has 4 aromatic carbocycles. The highest BCUT2D eigenvalue weighted by Gasteiger charge is 2.49. The van der Waals surface area contributed by atoms with E-state index in [2.05, 4.69) is 65.6 Å². The summed E-state index contributed by atoms with van der Waals surface area (Å²) in [6, 6.07) is 39.1. The number of benzene rings is 4. The normalized spacial score (nSPS) is 19.0. The van der Waals surface area contributed by atoms with Crippen LogP contribution in [0, 0.1) is 0 Å². The predicted octanol–water partition coefficient (Wildman–Crippen LogP) is 7.88. The van der Waals surface area contributed by atoms with E-state index in [1.807, 2.05) is 59.7 Å². The van der Waals surface area contributed by atoms with Crippen LogP contribution in [-0.2, 0) is 50.0 Å². The molecule has 0 amide bonds. The van der Waals surface area contributed by atoms with E-state index >= 15 is 0 Å². The van der Waals surface area contributed by atoms with Crippen LogP contribution < -0.4 is 4.90 Å². The molecule has 0 aliphatic carbocycles. The van der Waals surface area contributed by atoms with Crippen LogP contribution in [-0.4, -0.2) is 74.7 Å². The maximum absolute atomic E-state index is 6.74. The minimum Gasteiger partial charge on any atom is -0.374 e. The number of hydroxylamine groups is 2. The van der Waals surface area contributed by atoms with E-state index < -0.39 is 12.3 Å². The van der Waals surface area contributed by atoms with Crippen LogP contribution in [0.15, 0.2) is 115 Å². The van der Waals surface area contributed by atoms with Crippen molar-refractivity contribution < 1.29 is 23.8 Å². The van der Waals surface area contributed by atoms with E-state index in [0.29, 0.717) is 44.7 Å². The van der Waals surface area contributed by atoms with Gasteiger partial charge in [-0.25, -0.2) is 0 Å². The van der Waals surface area contributed by atoms with Gasteiger partial charge in [0.15, 0.2) is 6.23 Å². The molecule has 0 radical (unpaired) electrons. The molecule has 0 saturated carbocycles. The second-order valence-electron chi connectivity index (χ2n) is 12.0. The molecule has 4 atom stereocenters. The molecule has 1 aliphatic rings. The smallest absolute Gasteiger partial charge is 0.162 e. The highest BCUT2D eigenvalue weighted by Crippen LogP contribution is 2.32. The van der Waals surface area contributed by atoms with Crippen molar-refractivity contribution in [2.75, 3.05) is 50.0 Å². The van der Waals surface area contributed by atoms with Crippen LogP contribution in [0.25, 0.3) is 0 Å². The topological polar surface area (TPSA) is 52.6 Å². The lowest BCUT2D eigenvalue weighted by Gasteiger charge is -2.31. The second kappa shape index (κ2) is 20.6. The zero-order valence-electron chi connectivity index (χ0n) is 28.2. The van der Waals surface area contributed by atoms with E-state index in [-0.39, 0.29) is 12.2 Å². The first-order valence-corrected chi connectivity index (χ1v) is 18.1. The van der Waals surface area contributed by atoms with E-state index in [1.165, 1.54) is 5.56 Å². The van der Waals surface area contributed by atoms with Gasteiger partial charge in [0, 0.05) is 37.1 Å². The molecule has 4 aromatic rings. The molecule has 262 valence electrons. The molecule has 0 aromatic heterocycles. The van der Waals surface area contributed by atoms with Crippen molar-refractivity contribution >= 4 is 28.9 Å². The minimum atomic E-state index is -0.498. The van der Waals surface area contributed by atoms with E-state index in [4.69, 9.17) is 47.0 Å². The first-order valence-electron chi connectivity index (χ1n) is 17.0. The van der Waals surface area contributed by atoms with Crippen molar-refractivity contribution in [1.82, 2.24) is 5.06 Å². The predicted molar refractivity (Wildman–Crippen MR) is 197 cm³/mol. The Morgan fingerprint density at radius 1 is 0.612 bits per heavy atom. The highest BCUT2D eigenvalue weighted by molar-refractivity contribution is 6.18. The number of halogens is 2. The monoisotopic (exact) mass is 706 g/mol. The van der Waals surface area contributed by atoms with Gasteiger partial charge < -0.3 is 23.8 Å². The Morgan fingerprint density at radius 3 is 1.67 bits per heavy atom. The van der Waals surface area contributed by atoms with Crippen LogP contribution in [0.2, 0.25) is 0 Å². The maximum Gasteiger partial charge on any atom is 0.162 e. The van der Waals surface area contributed by atoms with Crippen LogP contribution in [0.4, 0.5) is 5.69 Å². The van der Waals surface area contributed by atoms with Crippen molar-refractivity contribution in [3.05, 3.63) is 138 Å². The Kier molecular flexibility index (Phi) is 15.7. The summed E-state index contributed by atoms with van der Waals surface area (Å²) in [5.41, 5.74) is 5.64. The van der Waals surface area contributed by atoms with Crippen molar-refractivity contribution in [2.24, 2.45) is 0 Å². The number of aryl methyl sites for hydroxylation is 1. The van der Waals surface area contributed by atoms with E-state index in [1.54, 1.807) is 7.11 Å². The minimum absolute atomic E-state index is 0.352. The Bertz CT molecular complexity index is 1450. The summed E-state index contributed by atoms with van der Waals surface area (Å²) in [5.74, 6) is 1.12. The molecular weight excluding hydrogens is 659 g/mol. The van der Waals surface area contributed by atoms with Gasteiger partial charge in [-0.15, -0.1) is 23.2 Å². The SMILES string of the molecule is CON(CCCc1ccc(N(CCCl)CCCl)cc1)[C@@H]1O[C@H](COCc2ccccc2)[C@@H](OCc2ccccc2)[C@H]1OCc1ccccc1. The van der Waals surface area contributed by atoms with Gasteiger partial charge in [-0.05, 0) is 47.2 Å². The quantitative estimate of drug-likeness (QED) is 0.0646. The number of rotatable bonds is 21. The molecule has 0 bridgehead atoms. The zero-order valence-corrected chi connectivity index (χ0v) is 29.8. The molecule has 7 nitrogen and oxygen atoms in total. The summed E-state index contributed by atoms with van der Waals surface area (Å²) < 4.78 is 26.3. The fraction of sp³-hybridized carbons (Fsp3) is 0.400. The Morgan fingerprint density at radius 2 is 1.14 bits per heavy atom. The number of hydrogen-bond acceptors (Lipinski definition) is 7. The summed E-state index contributed by atoms with van der Waals surface area (Å²) in [7, 11) is 1.69. The van der Waals surface area contributed by atoms with Gasteiger partial charge in [-0.1, -0.05) is 103 Å². The van der Waals surface area contributed by atoms with Gasteiger partial charge in [-0.2, -0.15) is 5.06 Å². The number of ether oxygens (including phenoxy) is 4. The Balaban J connectivity index is 1.29. The van der Waals surface area contributed by atoms with Crippen LogP contribution in [0.1, 0.15) is 28.7 Å². The number of anilines is 1. The third kappa shape index (κ3) is 11.5. The number of hydrogen-bond donors (Lipinski definition) is 0. The third-order valence-electron chi connectivity index (χ3n) is 8.62. The third-order valence-corrected chi connectivity index (χ3v) is 8.96. The van der Waals surface area contributed by atoms with Gasteiger partial charge in [0.05, 0.1) is 33.5 Å². The summed E-state index contributed by atoms with van der Waals surface area (Å²) in [4.78, 5) is 8.20. The van der Waals surface area contributed by atoms with E-state index in [9.17, 15) is 0 Å². The Hall–Kier alpha value is -2.98. The van der Waals surface area contributed by atoms with Gasteiger partial charge in [0.25, 0.3) is 0 Å². The van der Waals surface area contributed by atoms with E-state index in [0.717, 1.165) is 48.3 Å². The Labute approximate surface area is 301 Å². The highest BCUT2D eigenvalue weighted by atomic mass is 35.5. The number of nitrogens with zero attached hydrogens (tertiary/aromatic N) is 2. The van der Waals surface area contributed by atoms with Crippen molar-refractivity contribution in [1.29, 1.82) is 0 Å². The lowest BCUT2D eigenvalue weighted by Crippen LogP contribution is -2.46. The summed E-state index contributed by atoms with van der Waals surface area (Å²) in [6.07, 6.45) is 0.0533. The summed E-state index contributed by atoms with van der Waals surface area (Å²) >= 11 is 12.0. The average Bonchev–Trinajstić information content (AvgIpc) is 3.49. The maximum atomic E-state index is 6.74. The molecule has 0 unspecified atom stereocenters. The first kappa shape index (κ1) is 37.3. The fourth-order valence-corrected chi connectivity index (χ4v) is 6.47. The van der Waals surface area contributed by atoms with Gasteiger partial charge in [-0.3, -0.25) is 4.84 Å². The van der Waals surface area contributed by atoms with Crippen molar-refractivity contribution in [3.63, 3.8) is 0 Å². The molecule has 0 spiro atoms.